The molecule has 0 radical (unpaired) electrons. The van der Waals surface area contributed by atoms with E-state index in [1.165, 1.54) is 17.7 Å². The number of carbonyl (C=O) groups is 1. The maximum absolute atomic E-state index is 13.2. The Balaban J connectivity index is 1.74. The van der Waals surface area contributed by atoms with Crippen LogP contribution in [0.4, 0.5) is 18.9 Å². The average Bonchev–Trinajstić information content (AvgIpc) is 2.90. The average molecular weight is 522 g/mol. The maximum Gasteiger partial charge on any atom is 0.416 e. The van der Waals surface area contributed by atoms with E-state index in [1.807, 2.05) is 44.2 Å². The number of rotatable bonds is 8. The second-order valence-corrected chi connectivity index (χ2v) is 10.3. The van der Waals surface area contributed by atoms with Gasteiger partial charge in [0.25, 0.3) is 0 Å². The third kappa shape index (κ3) is 6.85. The molecule has 0 bridgehead atoms. The van der Waals surface area contributed by atoms with E-state index in [1.54, 1.807) is 12.1 Å². The molecule has 0 spiro atoms. The fraction of sp³-hybridized carbons (Fsp3) is 0.344. The summed E-state index contributed by atoms with van der Waals surface area (Å²) in [7, 11) is 0. The van der Waals surface area contributed by atoms with Gasteiger partial charge in [-0.3, -0.25) is 4.79 Å². The summed E-state index contributed by atoms with van der Waals surface area (Å²) in [5, 5.41) is 10.0. The highest BCUT2D eigenvalue weighted by molar-refractivity contribution is 5.81. The van der Waals surface area contributed by atoms with Crippen LogP contribution in [0, 0.1) is 0 Å². The zero-order chi connectivity index (χ0) is 27.3. The van der Waals surface area contributed by atoms with E-state index in [4.69, 9.17) is 0 Å². The van der Waals surface area contributed by atoms with Crippen LogP contribution < -0.4 is 4.90 Å². The normalized spacial score (nSPS) is 16.7. The molecule has 1 aliphatic heterocycles. The number of hydrogen-bond donors (Lipinski definition) is 1. The fourth-order valence-electron chi connectivity index (χ4n) is 5.26. The van der Waals surface area contributed by atoms with E-state index in [-0.39, 0.29) is 0 Å². The standard InChI is InChI=1S/C32H34F3NO2/c1-22(2)18-30(31(37)38)26-19-25(24-12-14-27(15-13-24)32(33,34)35)20-29(21-26)36-17-7-6-10-28(36)16-11-23-8-4-3-5-9-23/h3-5,8-9,12-15,18-21,28,30H,6-7,10-11,16-17H2,1-2H3,(H,37,38)/t28?,30-/m1/s1. The van der Waals surface area contributed by atoms with Gasteiger partial charge >= 0.3 is 12.1 Å². The minimum Gasteiger partial charge on any atom is -0.481 e. The van der Waals surface area contributed by atoms with Crippen molar-refractivity contribution in [1.82, 2.24) is 0 Å². The third-order valence-electron chi connectivity index (χ3n) is 7.18. The number of hydrogen-bond acceptors (Lipinski definition) is 2. The van der Waals surface area contributed by atoms with Crippen molar-refractivity contribution in [3.05, 3.63) is 101 Å². The molecule has 4 rings (SSSR count). The van der Waals surface area contributed by atoms with Gasteiger partial charge in [-0.15, -0.1) is 0 Å². The number of halogens is 3. The Morgan fingerprint density at radius 1 is 1.00 bits per heavy atom. The number of carboxylic acids is 1. The third-order valence-corrected chi connectivity index (χ3v) is 7.18. The number of piperidine rings is 1. The minimum atomic E-state index is -4.41. The predicted molar refractivity (Wildman–Crippen MR) is 146 cm³/mol. The molecule has 200 valence electrons. The Morgan fingerprint density at radius 2 is 1.71 bits per heavy atom. The van der Waals surface area contributed by atoms with Gasteiger partial charge in [0.05, 0.1) is 5.56 Å². The van der Waals surface area contributed by atoms with Crippen molar-refractivity contribution >= 4 is 11.7 Å². The molecule has 3 nitrogen and oxygen atoms in total. The molecule has 3 aromatic carbocycles. The lowest BCUT2D eigenvalue weighted by molar-refractivity contribution is -0.138. The number of aryl methyl sites for hydroxylation is 1. The van der Waals surface area contributed by atoms with Crippen LogP contribution in [0.15, 0.2) is 84.4 Å². The number of aliphatic carboxylic acids is 1. The molecule has 3 aromatic rings. The minimum absolute atomic E-state index is 0.298. The number of nitrogens with zero attached hydrogens (tertiary/aromatic N) is 1. The number of benzene rings is 3. The lowest BCUT2D eigenvalue weighted by atomic mass is 9.90. The molecular weight excluding hydrogens is 487 g/mol. The van der Waals surface area contributed by atoms with E-state index in [9.17, 15) is 23.1 Å². The van der Waals surface area contributed by atoms with Gasteiger partial charge in [0.2, 0.25) is 0 Å². The highest BCUT2D eigenvalue weighted by Gasteiger charge is 2.30. The molecule has 0 aliphatic carbocycles. The molecule has 0 aromatic heterocycles. The van der Waals surface area contributed by atoms with Crippen molar-refractivity contribution in [2.45, 2.75) is 64.1 Å². The van der Waals surface area contributed by atoms with Crippen LogP contribution in [-0.2, 0) is 17.4 Å². The van der Waals surface area contributed by atoms with Crippen LogP contribution in [0.3, 0.4) is 0 Å². The largest absolute Gasteiger partial charge is 0.481 e. The molecule has 1 saturated heterocycles. The fourth-order valence-corrected chi connectivity index (χ4v) is 5.26. The van der Waals surface area contributed by atoms with Gasteiger partial charge in [0.15, 0.2) is 0 Å². The summed E-state index contributed by atoms with van der Waals surface area (Å²) in [4.78, 5) is 14.6. The topological polar surface area (TPSA) is 40.5 Å². The van der Waals surface area contributed by atoms with Gasteiger partial charge in [0, 0.05) is 18.3 Å². The summed E-state index contributed by atoms with van der Waals surface area (Å²) in [6.45, 7) is 4.58. The van der Waals surface area contributed by atoms with E-state index in [2.05, 4.69) is 17.0 Å². The smallest absolute Gasteiger partial charge is 0.416 e. The second-order valence-electron chi connectivity index (χ2n) is 10.3. The zero-order valence-electron chi connectivity index (χ0n) is 21.8. The summed E-state index contributed by atoms with van der Waals surface area (Å²) < 4.78 is 39.5. The van der Waals surface area contributed by atoms with E-state index < -0.39 is 23.6 Å². The Morgan fingerprint density at radius 3 is 2.34 bits per heavy atom. The number of allylic oxidation sites excluding steroid dienone is 1. The number of alkyl halides is 3. The Labute approximate surface area is 222 Å². The summed E-state index contributed by atoms with van der Waals surface area (Å²) in [5.41, 5.74) is 4.35. The van der Waals surface area contributed by atoms with Crippen molar-refractivity contribution in [2.24, 2.45) is 0 Å². The molecule has 6 heteroatoms. The highest BCUT2D eigenvalue weighted by atomic mass is 19.4. The van der Waals surface area contributed by atoms with Crippen molar-refractivity contribution < 1.29 is 23.1 Å². The van der Waals surface area contributed by atoms with Crippen LogP contribution in [0.25, 0.3) is 11.1 Å². The van der Waals surface area contributed by atoms with Gasteiger partial charge in [-0.1, -0.05) is 54.1 Å². The Bertz CT molecular complexity index is 1260. The highest BCUT2D eigenvalue weighted by Crippen LogP contribution is 2.36. The first-order valence-corrected chi connectivity index (χ1v) is 13.1. The molecule has 38 heavy (non-hydrogen) atoms. The zero-order valence-corrected chi connectivity index (χ0v) is 21.8. The molecular formula is C32H34F3NO2. The molecule has 1 N–H and O–H groups in total. The molecule has 1 aliphatic rings. The van der Waals surface area contributed by atoms with Gasteiger partial charge < -0.3 is 10.0 Å². The second kappa shape index (κ2) is 11.9. The van der Waals surface area contributed by atoms with Gasteiger partial charge in [-0.2, -0.15) is 13.2 Å². The van der Waals surface area contributed by atoms with Gasteiger partial charge in [0.1, 0.15) is 5.92 Å². The molecule has 0 amide bonds. The molecule has 1 heterocycles. The summed E-state index contributed by atoms with van der Waals surface area (Å²) in [5.74, 6) is -1.80. The Kier molecular flexibility index (Phi) is 8.60. The summed E-state index contributed by atoms with van der Waals surface area (Å²) in [6, 6.07) is 21.5. The van der Waals surface area contributed by atoms with Crippen LogP contribution in [0.1, 0.15) is 62.1 Å². The quantitative estimate of drug-likeness (QED) is 0.302. The molecule has 0 saturated carbocycles. The molecule has 1 unspecified atom stereocenters. The molecule has 1 fully saturated rings. The maximum atomic E-state index is 13.2. The summed E-state index contributed by atoms with van der Waals surface area (Å²) >= 11 is 0. The predicted octanol–water partition coefficient (Wildman–Crippen LogP) is 8.50. The van der Waals surface area contributed by atoms with Crippen LogP contribution in [0.2, 0.25) is 0 Å². The van der Waals surface area contributed by atoms with Gasteiger partial charge in [-0.05, 0) is 98.5 Å². The van der Waals surface area contributed by atoms with Crippen molar-refractivity contribution in [1.29, 1.82) is 0 Å². The lowest BCUT2D eigenvalue weighted by Crippen LogP contribution is -2.40. The first kappa shape index (κ1) is 27.5. The van der Waals surface area contributed by atoms with Crippen LogP contribution in [-0.4, -0.2) is 23.7 Å². The first-order chi connectivity index (χ1) is 18.1. The SMILES string of the molecule is CC(C)=C[C@@H](C(=O)O)c1cc(-c2ccc(C(F)(F)F)cc2)cc(N2CCCCC2CCc2ccccc2)c1. The van der Waals surface area contributed by atoms with Gasteiger partial charge in [-0.25, -0.2) is 0 Å². The van der Waals surface area contributed by atoms with Crippen molar-refractivity contribution in [3.63, 3.8) is 0 Å². The van der Waals surface area contributed by atoms with E-state index in [0.717, 1.165) is 62.0 Å². The van der Waals surface area contributed by atoms with Crippen molar-refractivity contribution in [2.75, 3.05) is 11.4 Å². The van der Waals surface area contributed by atoms with E-state index >= 15 is 0 Å². The van der Waals surface area contributed by atoms with Crippen LogP contribution >= 0.6 is 0 Å². The molecule has 2 atom stereocenters. The first-order valence-electron chi connectivity index (χ1n) is 13.1. The van der Waals surface area contributed by atoms with Crippen LogP contribution in [0.5, 0.6) is 0 Å². The monoisotopic (exact) mass is 521 g/mol. The van der Waals surface area contributed by atoms with E-state index in [0.29, 0.717) is 22.7 Å². The summed E-state index contributed by atoms with van der Waals surface area (Å²) in [6.07, 6.45) is 2.45. The number of anilines is 1. The van der Waals surface area contributed by atoms with Crippen molar-refractivity contribution in [3.8, 4) is 11.1 Å². The lowest BCUT2D eigenvalue weighted by Gasteiger charge is -2.38. The Hall–Kier alpha value is -3.54. The number of carboxylic acid groups (broad SMARTS) is 1.